The molecule has 2 rings (SSSR count). The molecular weight excluding hydrogens is 240 g/mol. The molecule has 1 aromatic carbocycles. The molecule has 1 atom stereocenters. The lowest BCUT2D eigenvalue weighted by atomic mass is 10.1. The zero-order chi connectivity index (χ0) is 13.7. The standard InChI is InChI=1S/C15H20N2O2/c1-17(2)11-13-9-6-10-14(13)16-19-15(18)12-7-4-3-5-8-12/h3-5,7-8,13H,6,9-11H2,1-2H3/b16-14+. The number of carbonyl (C=O) groups excluding carboxylic acids is 1. The third-order valence-corrected chi connectivity index (χ3v) is 3.30. The van der Waals surface area contributed by atoms with Crippen LogP contribution < -0.4 is 0 Å². The van der Waals surface area contributed by atoms with E-state index in [4.69, 9.17) is 4.84 Å². The third kappa shape index (κ3) is 3.89. The molecule has 4 heteroatoms. The number of carbonyl (C=O) groups is 1. The highest BCUT2D eigenvalue weighted by Gasteiger charge is 2.24. The minimum Gasteiger partial charge on any atom is -0.313 e. The van der Waals surface area contributed by atoms with Gasteiger partial charge < -0.3 is 9.74 Å². The van der Waals surface area contributed by atoms with Crippen LogP contribution in [0.15, 0.2) is 35.5 Å². The van der Waals surface area contributed by atoms with Crippen LogP contribution in [-0.4, -0.2) is 37.2 Å². The van der Waals surface area contributed by atoms with E-state index in [-0.39, 0.29) is 5.97 Å². The molecule has 1 fully saturated rings. The number of hydrogen-bond acceptors (Lipinski definition) is 4. The highest BCUT2D eigenvalue weighted by atomic mass is 16.7. The van der Waals surface area contributed by atoms with Crippen LogP contribution in [0.5, 0.6) is 0 Å². The Hall–Kier alpha value is -1.68. The van der Waals surface area contributed by atoms with Crippen molar-refractivity contribution >= 4 is 11.7 Å². The van der Waals surface area contributed by atoms with Crippen LogP contribution in [0.4, 0.5) is 0 Å². The third-order valence-electron chi connectivity index (χ3n) is 3.30. The van der Waals surface area contributed by atoms with E-state index in [1.807, 2.05) is 32.3 Å². The summed E-state index contributed by atoms with van der Waals surface area (Å²) in [6.45, 7) is 0.960. The Labute approximate surface area is 114 Å². The van der Waals surface area contributed by atoms with Crippen molar-refractivity contribution in [2.45, 2.75) is 19.3 Å². The fourth-order valence-corrected chi connectivity index (χ4v) is 2.38. The Bertz CT molecular complexity index is 454. The maximum Gasteiger partial charge on any atom is 0.365 e. The lowest BCUT2D eigenvalue weighted by molar-refractivity contribution is 0.0513. The Morgan fingerprint density at radius 3 is 2.79 bits per heavy atom. The molecule has 1 aromatic rings. The monoisotopic (exact) mass is 260 g/mol. The van der Waals surface area contributed by atoms with Gasteiger partial charge in [-0.15, -0.1) is 0 Å². The summed E-state index contributed by atoms with van der Waals surface area (Å²) in [4.78, 5) is 19.0. The Kier molecular flexibility index (Phi) is 4.68. The number of rotatable bonds is 4. The first-order valence-corrected chi connectivity index (χ1v) is 6.64. The van der Waals surface area contributed by atoms with Crippen LogP contribution >= 0.6 is 0 Å². The van der Waals surface area contributed by atoms with Gasteiger partial charge in [-0.1, -0.05) is 23.4 Å². The van der Waals surface area contributed by atoms with Gasteiger partial charge in [-0.3, -0.25) is 0 Å². The topological polar surface area (TPSA) is 41.9 Å². The van der Waals surface area contributed by atoms with Crippen molar-refractivity contribution in [2.75, 3.05) is 20.6 Å². The van der Waals surface area contributed by atoms with Crippen molar-refractivity contribution in [3.8, 4) is 0 Å². The minimum absolute atomic E-state index is 0.386. The Morgan fingerprint density at radius 1 is 1.37 bits per heavy atom. The number of benzene rings is 1. The molecule has 0 amide bonds. The van der Waals surface area contributed by atoms with Crippen molar-refractivity contribution in [3.63, 3.8) is 0 Å². The van der Waals surface area contributed by atoms with Gasteiger partial charge in [0.25, 0.3) is 0 Å². The summed E-state index contributed by atoms with van der Waals surface area (Å²) in [7, 11) is 4.10. The van der Waals surface area contributed by atoms with Crippen molar-refractivity contribution in [1.82, 2.24) is 4.90 Å². The molecule has 0 spiro atoms. The molecule has 1 saturated carbocycles. The first-order chi connectivity index (χ1) is 9.16. The van der Waals surface area contributed by atoms with Gasteiger partial charge in [0.05, 0.1) is 11.3 Å². The van der Waals surface area contributed by atoms with Gasteiger partial charge in [-0.2, -0.15) is 0 Å². The van der Waals surface area contributed by atoms with Gasteiger partial charge in [0.15, 0.2) is 0 Å². The van der Waals surface area contributed by atoms with Gasteiger partial charge in [0, 0.05) is 12.5 Å². The first kappa shape index (κ1) is 13.7. The summed E-state index contributed by atoms with van der Waals surface area (Å²) in [5, 5.41) is 4.07. The summed E-state index contributed by atoms with van der Waals surface area (Å²) in [5.74, 6) is 0.0298. The van der Waals surface area contributed by atoms with E-state index in [2.05, 4.69) is 10.1 Å². The Balaban J connectivity index is 1.96. The summed E-state index contributed by atoms with van der Waals surface area (Å²) in [6, 6.07) is 8.96. The highest BCUT2D eigenvalue weighted by Crippen LogP contribution is 2.23. The second kappa shape index (κ2) is 6.48. The molecular formula is C15H20N2O2. The van der Waals surface area contributed by atoms with Gasteiger partial charge in [0.2, 0.25) is 0 Å². The maximum absolute atomic E-state index is 11.8. The quantitative estimate of drug-likeness (QED) is 0.617. The van der Waals surface area contributed by atoms with Crippen LogP contribution in [0.3, 0.4) is 0 Å². The molecule has 0 bridgehead atoms. The van der Waals surface area contributed by atoms with E-state index in [0.717, 1.165) is 31.5 Å². The molecule has 1 unspecified atom stereocenters. The van der Waals surface area contributed by atoms with E-state index in [0.29, 0.717) is 11.5 Å². The van der Waals surface area contributed by atoms with Gasteiger partial charge in [0.1, 0.15) is 0 Å². The smallest absolute Gasteiger partial charge is 0.313 e. The van der Waals surface area contributed by atoms with Gasteiger partial charge in [-0.25, -0.2) is 4.79 Å². The summed E-state index contributed by atoms with van der Waals surface area (Å²) < 4.78 is 0. The fourth-order valence-electron chi connectivity index (χ4n) is 2.38. The van der Waals surface area contributed by atoms with Crippen molar-refractivity contribution < 1.29 is 9.63 Å². The summed E-state index contributed by atoms with van der Waals surface area (Å²) in [6.07, 6.45) is 3.18. The number of hydrogen-bond donors (Lipinski definition) is 0. The van der Waals surface area contributed by atoms with Gasteiger partial charge in [-0.05, 0) is 45.5 Å². The zero-order valence-corrected chi connectivity index (χ0v) is 11.5. The number of oxime groups is 1. The largest absolute Gasteiger partial charge is 0.365 e. The Morgan fingerprint density at radius 2 is 2.11 bits per heavy atom. The normalized spacial score (nSPS) is 21.0. The highest BCUT2D eigenvalue weighted by molar-refractivity contribution is 5.92. The summed E-state index contributed by atoms with van der Waals surface area (Å²) in [5.41, 5.74) is 1.55. The molecule has 0 N–H and O–H groups in total. The van der Waals surface area contributed by atoms with Crippen LogP contribution in [0.1, 0.15) is 29.6 Å². The van der Waals surface area contributed by atoms with Crippen molar-refractivity contribution in [1.29, 1.82) is 0 Å². The second-order valence-corrected chi connectivity index (χ2v) is 5.18. The molecule has 0 heterocycles. The SMILES string of the molecule is CN(C)CC1CCC/C1=N\OC(=O)c1ccccc1. The summed E-state index contributed by atoms with van der Waals surface area (Å²) >= 11 is 0. The molecule has 0 radical (unpaired) electrons. The zero-order valence-electron chi connectivity index (χ0n) is 11.5. The minimum atomic E-state index is -0.386. The van der Waals surface area contributed by atoms with E-state index < -0.39 is 0 Å². The molecule has 1 aliphatic rings. The van der Waals surface area contributed by atoms with Crippen molar-refractivity contribution in [2.24, 2.45) is 11.1 Å². The fraction of sp³-hybridized carbons (Fsp3) is 0.467. The molecule has 0 saturated heterocycles. The molecule has 0 aliphatic heterocycles. The van der Waals surface area contributed by atoms with Crippen LogP contribution in [0, 0.1) is 5.92 Å². The molecule has 19 heavy (non-hydrogen) atoms. The predicted octanol–water partition coefficient (Wildman–Crippen LogP) is 2.56. The molecule has 102 valence electrons. The van der Waals surface area contributed by atoms with E-state index >= 15 is 0 Å². The van der Waals surface area contributed by atoms with Gasteiger partial charge >= 0.3 is 5.97 Å². The van der Waals surface area contributed by atoms with E-state index in [1.165, 1.54) is 0 Å². The van der Waals surface area contributed by atoms with Crippen LogP contribution in [-0.2, 0) is 4.84 Å². The second-order valence-electron chi connectivity index (χ2n) is 5.18. The molecule has 0 aromatic heterocycles. The lowest BCUT2D eigenvalue weighted by Gasteiger charge is -2.15. The first-order valence-electron chi connectivity index (χ1n) is 6.64. The maximum atomic E-state index is 11.8. The average Bonchev–Trinajstić information content (AvgIpc) is 2.83. The van der Waals surface area contributed by atoms with Crippen LogP contribution in [0.2, 0.25) is 0 Å². The molecule has 4 nitrogen and oxygen atoms in total. The average molecular weight is 260 g/mol. The van der Waals surface area contributed by atoms with Crippen molar-refractivity contribution in [3.05, 3.63) is 35.9 Å². The number of nitrogens with zero attached hydrogens (tertiary/aromatic N) is 2. The van der Waals surface area contributed by atoms with Crippen LogP contribution in [0.25, 0.3) is 0 Å². The predicted molar refractivity (Wildman–Crippen MR) is 75.2 cm³/mol. The van der Waals surface area contributed by atoms with E-state index in [1.54, 1.807) is 12.1 Å². The lowest BCUT2D eigenvalue weighted by Crippen LogP contribution is -2.24. The molecule has 1 aliphatic carbocycles. The van der Waals surface area contributed by atoms with E-state index in [9.17, 15) is 4.79 Å².